The van der Waals surface area contributed by atoms with Gasteiger partial charge in [0.1, 0.15) is 0 Å². The third kappa shape index (κ3) is 3.57. The summed E-state index contributed by atoms with van der Waals surface area (Å²) in [7, 11) is 0. The Balaban J connectivity index is 1.35. The highest BCUT2D eigenvalue weighted by Crippen LogP contribution is 2.50. The first-order valence-corrected chi connectivity index (χ1v) is 14.3. The van der Waals surface area contributed by atoms with E-state index >= 15 is 0 Å². The number of aromatic nitrogens is 1. The number of hydrogen-bond acceptors (Lipinski definition) is 1. The van der Waals surface area contributed by atoms with Crippen molar-refractivity contribution in [2.45, 2.75) is 19.3 Å². The number of hydrogen-bond donors (Lipinski definition) is 0. The van der Waals surface area contributed by atoms with Crippen LogP contribution in [0.3, 0.4) is 0 Å². The van der Waals surface area contributed by atoms with E-state index in [1.807, 2.05) is 0 Å². The van der Waals surface area contributed by atoms with Gasteiger partial charge in [-0.05, 0) is 82.9 Å². The number of para-hydroxylation sites is 3. The number of benzene rings is 6. The molecule has 1 aliphatic carbocycles. The molecule has 0 N–H and O–H groups in total. The van der Waals surface area contributed by atoms with Crippen molar-refractivity contribution in [2.75, 3.05) is 4.90 Å². The summed E-state index contributed by atoms with van der Waals surface area (Å²) < 4.78 is 2.37. The van der Waals surface area contributed by atoms with E-state index in [4.69, 9.17) is 0 Å². The predicted molar refractivity (Wildman–Crippen MR) is 173 cm³/mol. The summed E-state index contributed by atoms with van der Waals surface area (Å²) in [6, 6.07) is 52.8. The minimum Gasteiger partial charge on any atom is -0.310 e. The Labute approximate surface area is 240 Å². The molecule has 6 aromatic carbocycles. The largest absolute Gasteiger partial charge is 0.310 e. The first kappa shape index (κ1) is 23.8. The Morgan fingerprint density at radius 3 is 1.90 bits per heavy atom. The van der Waals surface area contributed by atoms with Gasteiger partial charge >= 0.3 is 0 Å². The van der Waals surface area contributed by atoms with Crippen molar-refractivity contribution in [1.29, 1.82) is 0 Å². The van der Waals surface area contributed by atoms with Crippen LogP contribution in [0.5, 0.6) is 0 Å². The highest BCUT2D eigenvalue weighted by atomic mass is 15.1. The van der Waals surface area contributed by atoms with Gasteiger partial charge < -0.3 is 9.47 Å². The van der Waals surface area contributed by atoms with Crippen molar-refractivity contribution in [3.63, 3.8) is 0 Å². The van der Waals surface area contributed by atoms with E-state index < -0.39 is 0 Å². The zero-order chi connectivity index (χ0) is 27.6. The topological polar surface area (TPSA) is 8.17 Å². The van der Waals surface area contributed by atoms with Gasteiger partial charge in [0, 0.05) is 38.9 Å². The first-order chi connectivity index (χ1) is 20.1. The molecule has 41 heavy (non-hydrogen) atoms. The van der Waals surface area contributed by atoms with Crippen LogP contribution in [0.15, 0.2) is 146 Å². The zero-order valence-electron chi connectivity index (χ0n) is 23.3. The maximum atomic E-state index is 2.40. The van der Waals surface area contributed by atoms with Gasteiger partial charge in [-0.2, -0.15) is 0 Å². The Morgan fingerprint density at radius 1 is 0.463 bits per heavy atom. The van der Waals surface area contributed by atoms with Crippen LogP contribution in [-0.4, -0.2) is 4.57 Å². The van der Waals surface area contributed by atoms with E-state index in [1.165, 1.54) is 55.4 Å². The number of nitrogens with zero attached hydrogens (tertiary/aromatic N) is 2. The maximum Gasteiger partial charge on any atom is 0.0542 e. The summed E-state index contributed by atoms with van der Waals surface area (Å²) in [6.45, 7) is 4.69. The summed E-state index contributed by atoms with van der Waals surface area (Å²) in [6.07, 6.45) is 0. The molecule has 8 rings (SSSR count). The standard InChI is InChI=1S/C39H30N2/c1-39(2)35-19-11-9-17-31(35)32-23-21-30(26-36(32)39)40(27-13-5-3-6-14-27)29-22-24-38-34(25-29)33-18-10-12-20-37(33)41(38)28-15-7-4-8-16-28/h3-26H,1-2H3. The van der Waals surface area contributed by atoms with Crippen LogP contribution >= 0.6 is 0 Å². The lowest BCUT2D eigenvalue weighted by atomic mass is 9.82. The second-order valence-electron chi connectivity index (χ2n) is 11.5. The van der Waals surface area contributed by atoms with Gasteiger partial charge in [0.05, 0.1) is 11.0 Å². The van der Waals surface area contributed by atoms with Crippen LogP contribution in [-0.2, 0) is 5.41 Å². The minimum atomic E-state index is -0.0582. The third-order valence-electron chi connectivity index (χ3n) is 8.77. The molecular weight excluding hydrogens is 496 g/mol. The van der Waals surface area contributed by atoms with E-state index in [-0.39, 0.29) is 5.41 Å². The minimum absolute atomic E-state index is 0.0582. The molecule has 1 heterocycles. The fourth-order valence-corrected chi connectivity index (χ4v) is 6.81. The highest BCUT2D eigenvalue weighted by Gasteiger charge is 2.35. The molecule has 0 saturated heterocycles. The van der Waals surface area contributed by atoms with Crippen LogP contribution in [0.4, 0.5) is 17.1 Å². The van der Waals surface area contributed by atoms with Crippen LogP contribution in [0, 0.1) is 0 Å². The van der Waals surface area contributed by atoms with Crippen molar-refractivity contribution < 1.29 is 0 Å². The predicted octanol–water partition coefficient (Wildman–Crippen LogP) is 10.6. The Kier molecular flexibility index (Phi) is 5.20. The number of rotatable bonds is 4. The highest BCUT2D eigenvalue weighted by molar-refractivity contribution is 6.10. The molecule has 2 heteroatoms. The van der Waals surface area contributed by atoms with Gasteiger partial charge in [-0.3, -0.25) is 0 Å². The quantitative estimate of drug-likeness (QED) is 0.221. The summed E-state index contributed by atoms with van der Waals surface area (Å²) >= 11 is 0. The lowest BCUT2D eigenvalue weighted by Gasteiger charge is -2.28. The average Bonchev–Trinajstić information content (AvgIpc) is 3.47. The van der Waals surface area contributed by atoms with E-state index in [2.05, 4.69) is 169 Å². The van der Waals surface area contributed by atoms with Crippen molar-refractivity contribution in [3.05, 3.63) is 157 Å². The van der Waals surface area contributed by atoms with Gasteiger partial charge in [-0.1, -0.05) is 98.8 Å². The van der Waals surface area contributed by atoms with Crippen LogP contribution < -0.4 is 4.90 Å². The van der Waals surface area contributed by atoms with Crippen molar-refractivity contribution in [2.24, 2.45) is 0 Å². The molecule has 0 fully saturated rings. The third-order valence-corrected chi connectivity index (χ3v) is 8.77. The fraction of sp³-hybridized carbons (Fsp3) is 0.0769. The lowest BCUT2D eigenvalue weighted by Crippen LogP contribution is -2.16. The maximum absolute atomic E-state index is 2.40. The molecule has 0 bridgehead atoms. The van der Waals surface area contributed by atoms with E-state index in [1.54, 1.807) is 0 Å². The molecule has 0 spiro atoms. The average molecular weight is 527 g/mol. The summed E-state index contributed by atoms with van der Waals surface area (Å²) in [5.74, 6) is 0. The van der Waals surface area contributed by atoms with Crippen molar-refractivity contribution in [3.8, 4) is 16.8 Å². The smallest absolute Gasteiger partial charge is 0.0542 e. The van der Waals surface area contributed by atoms with Crippen LogP contribution in [0.2, 0.25) is 0 Å². The SMILES string of the molecule is CC1(C)c2ccccc2-c2ccc(N(c3ccccc3)c3ccc4c(c3)c3ccccc3n4-c3ccccc3)cc21. The second-order valence-corrected chi connectivity index (χ2v) is 11.5. The van der Waals surface area contributed by atoms with Crippen molar-refractivity contribution in [1.82, 2.24) is 4.57 Å². The second kappa shape index (κ2) is 8.97. The molecule has 0 amide bonds. The van der Waals surface area contributed by atoms with Gasteiger partial charge in [0.2, 0.25) is 0 Å². The zero-order valence-corrected chi connectivity index (χ0v) is 23.3. The number of fused-ring (bicyclic) bond motifs is 6. The molecule has 7 aromatic rings. The molecule has 2 nitrogen and oxygen atoms in total. The Morgan fingerprint density at radius 2 is 1.07 bits per heavy atom. The molecule has 0 aliphatic heterocycles. The normalized spacial score (nSPS) is 13.3. The van der Waals surface area contributed by atoms with Crippen LogP contribution in [0.25, 0.3) is 38.6 Å². The van der Waals surface area contributed by atoms with Gasteiger partial charge in [-0.15, -0.1) is 0 Å². The molecular formula is C39H30N2. The van der Waals surface area contributed by atoms with Gasteiger partial charge in [-0.25, -0.2) is 0 Å². The molecule has 0 atom stereocenters. The molecule has 0 saturated carbocycles. The lowest BCUT2D eigenvalue weighted by molar-refractivity contribution is 0.660. The Hall–Kier alpha value is -5.08. The molecule has 0 radical (unpaired) electrons. The molecule has 196 valence electrons. The van der Waals surface area contributed by atoms with Crippen molar-refractivity contribution >= 4 is 38.9 Å². The summed E-state index contributed by atoms with van der Waals surface area (Å²) in [4.78, 5) is 2.40. The van der Waals surface area contributed by atoms with Gasteiger partial charge in [0.15, 0.2) is 0 Å². The summed E-state index contributed by atoms with van der Waals surface area (Å²) in [5, 5.41) is 2.50. The molecule has 0 unspecified atom stereocenters. The van der Waals surface area contributed by atoms with E-state index in [9.17, 15) is 0 Å². The van der Waals surface area contributed by atoms with Crippen LogP contribution in [0.1, 0.15) is 25.0 Å². The van der Waals surface area contributed by atoms with Gasteiger partial charge in [0.25, 0.3) is 0 Å². The molecule has 1 aliphatic rings. The fourth-order valence-electron chi connectivity index (χ4n) is 6.81. The van der Waals surface area contributed by atoms with E-state index in [0.717, 1.165) is 11.4 Å². The molecule has 1 aromatic heterocycles. The first-order valence-electron chi connectivity index (χ1n) is 14.3. The monoisotopic (exact) mass is 526 g/mol. The summed E-state index contributed by atoms with van der Waals surface area (Å²) in [5.41, 5.74) is 12.5. The Bertz CT molecular complexity index is 2070. The number of anilines is 3. The van der Waals surface area contributed by atoms with E-state index in [0.29, 0.717) is 0 Å².